The van der Waals surface area contributed by atoms with E-state index in [0.717, 1.165) is 19.3 Å². The zero-order valence-corrected chi connectivity index (χ0v) is 13.2. The van der Waals surface area contributed by atoms with Crippen molar-refractivity contribution in [2.24, 2.45) is 0 Å². The third-order valence-electron chi connectivity index (χ3n) is 4.07. The number of hydrogen-bond donors (Lipinski definition) is 2. The number of carbonyl (C=O) groups excluding carboxylic acids is 2. The van der Waals surface area contributed by atoms with E-state index in [1.165, 1.54) is 11.1 Å². The number of amides is 1. The Kier molecular flexibility index (Phi) is 4.91. The van der Waals surface area contributed by atoms with Crippen LogP contribution in [-0.2, 0) is 27.2 Å². The molecule has 124 valence electrons. The van der Waals surface area contributed by atoms with Crippen LogP contribution in [0.15, 0.2) is 48.5 Å². The molecule has 1 atom stereocenters. The number of esters is 1. The van der Waals surface area contributed by atoms with Crippen molar-refractivity contribution in [3.63, 3.8) is 0 Å². The molecule has 2 N–H and O–H groups in total. The van der Waals surface area contributed by atoms with Gasteiger partial charge in [-0.1, -0.05) is 36.4 Å². The minimum Gasteiger partial charge on any atom is -0.453 e. The van der Waals surface area contributed by atoms with Crippen molar-refractivity contribution in [1.82, 2.24) is 0 Å². The van der Waals surface area contributed by atoms with E-state index in [2.05, 4.69) is 5.32 Å². The van der Waals surface area contributed by atoms with E-state index in [1.54, 1.807) is 30.3 Å². The fourth-order valence-corrected chi connectivity index (χ4v) is 2.83. The highest BCUT2D eigenvalue weighted by Gasteiger charge is 2.20. The van der Waals surface area contributed by atoms with E-state index >= 15 is 0 Å². The van der Waals surface area contributed by atoms with Crippen molar-refractivity contribution in [3.05, 3.63) is 65.2 Å². The normalized spacial score (nSPS) is 13.9. The second-order valence-electron chi connectivity index (χ2n) is 5.81. The number of nitrogens with one attached hydrogen (secondary N) is 1. The molecule has 1 amide bonds. The first kappa shape index (κ1) is 16.2. The smallest absolute Gasteiger partial charge is 0.340 e. The van der Waals surface area contributed by atoms with Crippen LogP contribution < -0.4 is 5.32 Å². The van der Waals surface area contributed by atoms with Gasteiger partial charge in [0.1, 0.15) is 0 Å². The molecule has 0 saturated carbocycles. The number of ether oxygens (including phenoxy) is 1. The average Bonchev–Trinajstić information content (AvgIpc) is 3.07. The van der Waals surface area contributed by atoms with Gasteiger partial charge in [-0.2, -0.15) is 0 Å². The maximum atomic E-state index is 11.9. The molecule has 1 aliphatic carbocycles. The second-order valence-corrected chi connectivity index (χ2v) is 5.81. The van der Waals surface area contributed by atoms with Gasteiger partial charge in [-0.05, 0) is 48.1 Å². The summed E-state index contributed by atoms with van der Waals surface area (Å²) in [6.45, 7) is -0.431. The largest absolute Gasteiger partial charge is 0.453 e. The molecular weight excluding hydrogens is 306 g/mol. The molecule has 0 saturated heterocycles. The van der Waals surface area contributed by atoms with Crippen molar-refractivity contribution in [2.75, 3.05) is 11.9 Å². The standard InChI is InChI=1S/C19H19NO4/c21-17(20-16-10-9-13-7-4-8-15(13)11-16)12-24-19(23)18(22)14-5-2-1-3-6-14/h1-3,5-6,9-11,18,22H,4,7-8,12H2,(H,20,21)/t18-/m1/s1. The summed E-state index contributed by atoms with van der Waals surface area (Å²) in [6, 6.07) is 14.3. The molecule has 2 aromatic carbocycles. The molecule has 0 spiro atoms. The maximum absolute atomic E-state index is 11.9. The third-order valence-corrected chi connectivity index (χ3v) is 4.07. The van der Waals surface area contributed by atoms with Crippen LogP contribution in [0.1, 0.15) is 29.2 Å². The molecule has 0 unspecified atom stereocenters. The monoisotopic (exact) mass is 325 g/mol. The van der Waals surface area contributed by atoms with Crippen LogP contribution in [0.25, 0.3) is 0 Å². The Balaban J connectivity index is 1.51. The topological polar surface area (TPSA) is 75.6 Å². The number of aliphatic hydroxyl groups excluding tert-OH is 1. The van der Waals surface area contributed by atoms with E-state index in [1.807, 2.05) is 18.2 Å². The second kappa shape index (κ2) is 7.27. The molecule has 5 heteroatoms. The van der Waals surface area contributed by atoms with Crippen LogP contribution in [0, 0.1) is 0 Å². The average molecular weight is 325 g/mol. The lowest BCUT2D eigenvalue weighted by Crippen LogP contribution is -2.24. The molecule has 0 radical (unpaired) electrons. The Hall–Kier alpha value is -2.66. The van der Waals surface area contributed by atoms with Crippen molar-refractivity contribution in [3.8, 4) is 0 Å². The summed E-state index contributed by atoms with van der Waals surface area (Å²) in [5, 5.41) is 12.6. The van der Waals surface area contributed by atoms with Crippen LogP contribution in [0.2, 0.25) is 0 Å². The van der Waals surface area contributed by atoms with Gasteiger partial charge in [-0.15, -0.1) is 0 Å². The van der Waals surface area contributed by atoms with Gasteiger partial charge in [0.25, 0.3) is 5.91 Å². The summed E-state index contributed by atoms with van der Waals surface area (Å²) in [5.74, 6) is -1.27. The molecule has 0 fully saturated rings. The van der Waals surface area contributed by atoms with Crippen LogP contribution >= 0.6 is 0 Å². The number of aryl methyl sites for hydroxylation is 2. The van der Waals surface area contributed by atoms with Crippen molar-refractivity contribution in [2.45, 2.75) is 25.4 Å². The highest BCUT2D eigenvalue weighted by molar-refractivity contribution is 5.93. The zero-order valence-electron chi connectivity index (χ0n) is 13.2. The van der Waals surface area contributed by atoms with E-state index in [-0.39, 0.29) is 0 Å². The number of hydrogen-bond acceptors (Lipinski definition) is 4. The molecule has 24 heavy (non-hydrogen) atoms. The van der Waals surface area contributed by atoms with Gasteiger partial charge in [-0.3, -0.25) is 4.79 Å². The summed E-state index contributed by atoms with van der Waals surface area (Å²) in [4.78, 5) is 23.7. The minimum atomic E-state index is -1.39. The van der Waals surface area contributed by atoms with Gasteiger partial charge in [0.2, 0.25) is 0 Å². The first-order chi connectivity index (χ1) is 11.6. The zero-order chi connectivity index (χ0) is 16.9. The number of benzene rings is 2. The van der Waals surface area contributed by atoms with Crippen molar-refractivity contribution >= 4 is 17.6 Å². The van der Waals surface area contributed by atoms with Crippen LogP contribution in [-0.4, -0.2) is 23.6 Å². The predicted octanol–water partition coefficient (Wildman–Crippen LogP) is 2.39. The number of fused-ring (bicyclic) bond motifs is 1. The summed E-state index contributed by atoms with van der Waals surface area (Å²) >= 11 is 0. The quantitative estimate of drug-likeness (QED) is 0.828. The third kappa shape index (κ3) is 3.81. The Morgan fingerprint density at radius 1 is 1.08 bits per heavy atom. The van der Waals surface area contributed by atoms with E-state index in [0.29, 0.717) is 11.3 Å². The summed E-state index contributed by atoms with van der Waals surface area (Å²) in [7, 11) is 0. The fraction of sp³-hybridized carbons (Fsp3) is 0.263. The first-order valence-electron chi connectivity index (χ1n) is 7.95. The Bertz CT molecular complexity index is 742. The highest BCUT2D eigenvalue weighted by Crippen LogP contribution is 2.24. The van der Waals surface area contributed by atoms with Crippen molar-refractivity contribution < 1.29 is 19.4 Å². The van der Waals surface area contributed by atoms with E-state index in [9.17, 15) is 14.7 Å². The molecule has 1 aliphatic rings. The molecule has 0 aromatic heterocycles. The van der Waals surface area contributed by atoms with Gasteiger partial charge in [0.05, 0.1) is 0 Å². The molecule has 0 heterocycles. The van der Waals surface area contributed by atoms with Gasteiger partial charge >= 0.3 is 5.97 Å². The van der Waals surface area contributed by atoms with Gasteiger partial charge < -0.3 is 15.2 Å². The SMILES string of the molecule is O=C(COC(=O)[C@H](O)c1ccccc1)Nc1ccc2c(c1)CCC2. The van der Waals surface area contributed by atoms with Crippen LogP contribution in [0.4, 0.5) is 5.69 Å². The summed E-state index contributed by atoms with van der Waals surface area (Å²) < 4.78 is 4.88. The molecule has 3 rings (SSSR count). The lowest BCUT2D eigenvalue weighted by Gasteiger charge is -2.11. The Morgan fingerprint density at radius 3 is 2.62 bits per heavy atom. The lowest BCUT2D eigenvalue weighted by atomic mass is 10.1. The molecular formula is C19H19NO4. The fourth-order valence-electron chi connectivity index (χ4n) is 2.83. The predicted molar refractivity (Wildman–Crippen MR) is 89.5 cm³/mol. The van der Waals surface area contributed by atoms with Gasteiger partial charge in [0.15, 0.2) is 12.7 Å². The molecule has 0 bridgehead atoms. The van der Waals surface area contributed by atoms with E-state index < -0.39 is 24.6 Å². The van der Waals surface area contributed by atoms with Crippen LogP contribution in [0.5, 0.6) is 0 Å². The molecule has 5 nitrogen and oxygen atoms in total. The minimum absolute atomic E-state index is 0.429. The van der Waals surface area contributed by atoms with Gasteiger partial charge in [0, 0.05) is 5.69 Å². The number of anilines is 1. The van der Waals surface area contributed by atoms with Gasteiger partial charge in [-0.25, -0.2) is 4.79 Å². The maximum Gasteiger partial charge on any atom is 0.340 e. The summed E-state index contributed by atoms with van der Waals surface area (Å²) in [6.07, 6.45) is 1.86. The number of carbonyl (C=O) groups is 2. The summed E-state index contributed by atoms with van der Waals surface area (Å²) in [5.41, 5.74) is 3.71. The molecule has 0 aliphatic heterocycles. The van der Waals surface area contributed by atoms with E-state index in [4.69, 9.17) is 4.74 Å². The van der Waals surface area contributed by atoms with Crippen molar-refractivity contribution in [1.29, 1.82) is 0 Å². The number of rotatable bonds is 5. The highest BCUT2D eigenvalue weighted by atomic mass is 16.5. The lowest BCUT2D eigenvalue weighted by molar-refractivity contribution is -0.156. The Labute approximate surface area is 140 Å². The molecule has 2 aromatic rings. The van der Waals surface area contributed by atoms with Crippen LogP contribution in [0.3, 0.4) is 0 Å². The number of aliphatic hydroxyl groups is 1. The Morgan fingerprint density at radius 2 is 1.83 bits per heavy atom. The first-order valence-corrected chi connectivity index (χ1v) is 7.95.